The van der Waals surface area contributed by atoms with Gasteiger partial charge in [-0.15, -0.1) is 15.0 Å². The topological polar surface area (TPSA) is 101 Å². The van der Waals surface area contributed by atoms with Crippen molar-refractivity contribution >= 4 is 0 Å². The van der Waals surface area contributed by atoms with Gasteiger partial charge >= 0.3 is 0 Å². The lowest BCUT2D eigenvalue weighted by molar-refractivity contribution is 0.473. The zero-order valence-electron chi connectivity index (χ0n) is 10.2. The fraction of sp³-hybridized carbons (Fsp3) is 0. The summed E-state index contributed by atoms with van der Waals surface area (Å²) in [6.45, 7) is 0. The highest BCUT2D eigenvalue weighted by molar-refractivity contribution is 5.49. The molecule has 0 aliphatic heterocycles. The molecule has 0 saturated carbocycles. The Kier molecular flexibility index (Phi) is 2.82. The number of benzene rings is 1. The van der Waals surface area contributed by atoms with Crippen LogP contribution in [0.25, 0.3) is 17.2 Å². The summed E-state index contributed by atoms with van der Waals surface area (Å²) >= 11 is 0. The molecule has 0 bridgehead atoms. The van der Waals surface area contributed by atoms with Crippen LogP contribution in [0.1, 0.15) is 5.56 Å². The Labute approximate surface area is 113 Å². The lowest BCUT2D eigenvalue weighted by atomic mass is 10.2. The first-order valence-electron chi connectivity index (χ1n) is 5.72. The molecule has 2 heterocycles. The second kappa shape index (κ2) is 4.78. The standard InChI is InChI=1S/C13H8N6O/c14-7-9-2-1-3-10(6-9)19-17-13(16-18-19)12-5-4-11(20)8-15-12/h1-6,8,20H. The molecule has 96 valence electrons. The van der Waals surface area contributed by atoms with Gasteiger partial charge in [0.25, 0.3) is 0 Å². The lowest BCUT2D eigenvalue weighted by Gasteiger charge is -1.97. The summed E-state index contributed by atoms with van der Waals surface area (Å²) in [7, 11) is 0. The van der Waals surface area contributed by atoms with Crippen molar-refractivity contribution in [2.45, 2.75) is 0 Å². The zero-order valence-corrected chi connectivity index (χ0v) is 10.2. The molecule has 7 heteroatoms. The van der Waals surface area contributed by atoms with Gasteiger partial charge in [-0.1, -0.05) is 6.07 Å². The maximum absolute atomic E-state index is 9.19. The van der Waals surface area contributed by atoms with Crippen LogP contribution in [0.3, 0.4) is 0 Å². The summed E-state index contributed by atoms with van der Waals surface area (Å²) in [6, 6.07) is 12.0. The molecule has 0 aliphatic carbocycles. The first-order valence-corrected chi connectivity index (χ1v) is 5.72. The number of nitrogens with zero attached hydrogens (tertiary/aromatic N) is 6. The minimum atomic E-state index is 0.0721. The number of aromatic nitrogens is 5. The van der Waals surface area contributed by atoms with Crippen LogP contribution in [0.4, 0.5) is 0 Å². The van der Waals surface area contributed by atoms with Gasteiger partial charge in [0.1, 0.15) is 11.4 Å². The van der Waals surface area contributed by atoms with Gasteiger partial charge in [0.15, 0.2) is 0 Å². The summed E-state index contributed by atoms with van der Waals surface area (Å²) < 4.78 is 0. The van der Waals surface area contributed by atoms with Crippen molar-refractivity contribution in [1.82, 2.24) is 25.2 Å². The Morgan fingerprint density at radius 2 is 2.10 bits per heavy atom. The van der Waals surface area contributed by atoms with E-state index in [1.807, 2.05) is 0 Å². The number of tetrazole rings is 1. The Hall–Kier alpha value is -3.27. The summed E-state index contributed by atoms with van der Waals surface area (Å²) in [6.07, 6.45) is 1.31. The second-order valence-corrected chi connectivity index (χ2v) is 3.97. The minimum Gasteiger partial charge on any atom is -0.506 e. The average molecular weight is 264 g/mol. The number of aromatic hydroxyl groups is 1. The first kappa shape index (κ1) is 11.8. The molecule has 7 nitrogen and oxygen atoms in total. The van der Waals surface area contributed by atoms with Crippen LogP contribution in [0.15, 0.2) is 42.6 Å². The Morgan fingerprint density at radius 1 is 1.20 bits per heavy atom. The molecule has 1 N–H and O–H groups in total. The van der Waals surface area contributed by atoms with E-state index < -0.39 is 0 Å². The van der Waals surface area contributed by atoms with Crippen molar-refractivity contribution in [2.24, 2.45) is 0 Å². The van der Waals surface area contributed by atoms with Crippen molar-refractivity contribution < 1.29 is 5.11 Å². The molecule has 1 aromatic carbocycles. The largest absolute Gasteiger partial charge is 0.506 e. The monoisotopic (exact) mass is 264 g/mol. The van der Waals surface area contributed by atoms with Crippen LogP contribution in [0.2, 0.25) is 0 Å². The molecule has 0 spiro atoms. The van der Waals surface area contributed by atoms with Crippen LogP contribution < -0.4 is 0 Å². The van der Waals surface area contributed by atoms with E-state index in [1.165, 1.54) is 17.1 Å². The second-order valence-electron chi connectivity index (χ2n) is 3.97. The molecule has 0 unspecified atom stereocenters. The van der Waals surface area contributed by atoms with Gasteiger partial charge in [-0.2, -0.15) is 5.26 Å². The Morgan fingerprint density at radius 3 is 2.85 bits per heavy atom. The van der Waals surface area contributed by atoms with E-state index in [0.29, 0.717) is 22.8 Å². The average Bonchev–Trinajstić information content (AvgIpc) is 2.98. The molecule has 2 aromatic heterocycles. The van der Waals surface area contributed by atoms with E-state index in [2.05, 4.69) is 26.5 Å². The predicted octanol–water partition coefficient (Wildman–Crippen LogP) is 1.30. The van der Waals surface area contributed by atoms with Gasteiger partial charge < -0.3 is 5.11 Å². The predicted molar refractivity (Wildman–Crippen MR) is 68.8 cm³/mol. The molecule has 0 saturated heterocycles. The van der Waals surface area contributed by atoms with Crippen molar-refractivity contribution in [3.05, 3.63) is 48.2 Å². The zero-order chi connectivity index (χ0) is 13.9. The van der Waals surface area contributed by atoms with Gasteiger partial charge in [-0.25, -0.2) is 4.98 Å². The number of hydrogen-bond donors (Lipinski definition) is 1. The SMILES string of the molecule is N#Cc1cccc(-n2nnc(-c3ccc(O)cn3)n2)c1. The number of pyridine rings is 1. The van der Waals surface area contributed by atoms with Crippen LogP contribution >= 0.6 is 0 Å². The van der Waals surface area contributed by atoms with E-state index in [4.69, 9.17) is 5.26 Å². The smallest absolute Gasteiger partial charge is 0.223 e. The third-order valence-corrected chi connectivity index (χ3v) is 2.60. The van der Waals surface area contributed by atoms with Crippen LogP contribution in [-0.2, 0) is 0 Å². The van der Waals surface area contributed by atoms with Crippen molar-refractivity contribution in [3.63, 3.8) is 0 Å². The fourth-order valence-corrected chi connectivity index (χ4v) is 1.64. The van der Waals surface area contributed by atoms with E-state index in [-0.39, 0.29) is 5.75 Å². The molecule has 0 aliphatic rings. The highest BCUT2D eigenvalue weighted by atomic mass is 16.3. The highest BCUT2D eigenvalue weighted by Crippen LogP contribution is 2.15. The quantitative estimate of drug-likeness (QED) is 0.748. The number of rotatable bonds is 2. The molecular formula is C13H8N6O. The lowest BCUT2D eigenvalue weighted by Crippen LogP contribution is -1.99. The molecule has 0 amide bonds. The maximum atomic E-state index is 9.19. The number of hydrogen-bond acceptors (Lipinski definition) is 6. The van der Waals surface area contributed by atoms with Crippen molar-refractivity contribution in [2.75, 3.05) is 0 Å². The minimum absolute atomic E-state index is 0.0721. The van der Waals surface area contributed by atoms with E-state index in [9.17, 15) is 5.11 Å². The van der Waals surface area contributed by atoms with E-state index in [0.717, 1.165) is 0 Å². The third-order valence-electron chi connectivity index (χ3n) is 2.60. The van der Waals surface area contributed by atoms with Gasteiger partial charge in [0, 0.05) is 0 Å². The molecule has 0 fully saturated rings. The van der Waals surface area contributed by atoms with E-state index >= 15 is 0 Å². The van der Waals surface area contributed by atoms with Gasteiger partial charge in [-0.05, 0) is 35.5 Å². The third kappa shape index (κ3) is 2.18. The normalized spacial score (nSPS) is 10.2. The molecule has 3 rings (SSSR count). The van der Waals surface area contributed by atoms with Crippen LogP contribution in [0, 0.1) is 11.3 Å². The number of nitriles is 1. The Bertz CT molecular complexity index is 787. The molecule has 0 atom stereocenters. The summed E-state index contributed by atoms with van der Waals surface area (Å²) in [4.78, 5) is 5.33. The highest BCUT2D eigenvalue weighted by Gasteiger charge is 2.08. The molecule has 3 aromatic rings. The fourth-order valence-electron chi connectivity index (χ4n) is 1.64. The van der Waals surface area contributed by atoms with Gasteiger partial charge in [-0.3, -0.25) is 0 Å². The summed E-state index contributed by atoms with van der Waals surface area (Å²) in [5.41, 5.74) is 1.66. The maximum Gasteiger partial charge on any atom is 0.223 e. The van der Waals surface area contributed by atoms with Gasteiger partial charge in [0.2, 0.25) is 5.82 Å². The van der Waals surface area contributed by atoms with Gasteiger partial charge in [0.05, 0.1) is 23.5 Å². The Balaban J connectivity index is 1.97. The molecule has 0 radical (unpaired) electrons. The molecular weight excluding hydrogens is 256 g/mol. The summed E-state index contributed by atoms with van der Waals surface area (Å²) in [5, 5.41) is 30.1. The molecule has 20 heavy (non-hydrogen) atoms. The van der Waals surface area contributed by atoms with Crippen molar-refractivity contribution in [1.29, 1.82) is 5.26 Å². The van der Waals surface area contributed by atoms with Crippen LogP contribution in [-0.4, -0.2) is 30.3 Å². The van der Waals surface area contributed by atoms with Crippen molar-refractivity contribution in [3.8, 4) is 29.0 Å². The summed E-state index contributed by atoms with van der Waals surface area (Å²) in [5.74, 6) is 0.412. The first-order chi connectivity index (χ1) is 9.76. The van der Waals surface area contributed by atoms with E-state index in [1.54, 1.807) is 30.3 Å². The van der Waals surface area contributed by atoms with Crippen LogP contribution in [0.5, 0.6) is 5.75 Å².